The minimum absolute atomic E-state index is 0.240. The number of hydrogen-bond donors (Lipinski definition) is 2. The van der Waals surface area contributed by atoms with Crippen LogP contribution in [0.5, 0.6) is 0 Å². The van der Waals surface area contributed by atoms with Crippen LogP contribution in [-0.2, 0) is 5.60 Å². The molecular weight excluding hydrogens is 224 g/mol. The molecule has 3 nitrogen and oxygen atoms in total. The van der Waals surface area contributed by atoms with Gasteiger partial charge in [-0.2, -0.15) is 0 Å². The predicted octanol–water partition coefficient (Wildman–Crippen LogP) is 1.95. The fourth-order valence-electron chi connectivity index (χ4n) is 2.17. The third-order valence-electron chi connectivity index (χ3n) is 3.35. The van der Waals surface area contributed by atoms with Crippen LogP contribution < -0.4 is 5.73 Å². The number of rotatable bonds is 7. The normalized spacial score (nSPS) is 15.1. The van der Waals surface area contributed by atoms with E-state index < -0.39 is 5.60 Å². The summed E-state index contributed by atoms with van der Waals surface area (Å²) in [7, 11) is 0. The Morgan fingerprint density at radius 2 is 1.89 bits per heavy atom. The lowest BCUT2D eigenvalue weighted by Crippen LogP contribution is -2.48. The smallest absolute Gasteiger partial charge is 0.114 e. The number of benzene rings is 1. The van der Waals surface area contributed by atoms with Crippen LogP contribution in [0.25, 0.3) is 0 Å². The highest BCUT2D eigenvalue weighted by molar-refractivity contribution is 5.23. The molecule has 0 heterocycles. The molecule has 0 saturated carbocycles. The molecule has 0 bridgehead atoms. The number of nitrogens with zero attached hydrogens (tertiary/aromatic N) is 1. The van der Waals surface area contributed by atoms with Crippen LogP contribution in [0.1, 0.15) is 32.8 Å². The van der Waals surface area contributed by atoms with Gasteiger partial charge in [-0.15, -0.1) is 0 Å². The molecule has 0 aliphatic heterocycles. The highest BCUT2D eigenvalue weighted by Crippen LogP contribution is 2.22. The van der Waals surface area contributed by atoms with Crippen molar-refractivity contribution in [2.45, 2.75) is 38.8 Å². The zero-order chi connectivity index (χ0) is 13.6. The van der Waals surface area contributed by atoms with Crippen molar-refractivity contribution in [1.29, 1.82) is 0 Å². The van der Waals surface area contributed by atoms with Crippen molar-refractivity contribution in [2.75, 3.05) is 19.6 Å². The maximum absolute atomic E-state index is 10.8. The Balaban J connectivity index is 2.88. The minimum atomic E-state index is -0.958. The number of aliphatic hydroxyl groups is 1. The fourth-order valence-corrected chi connectivity index (χ4v) is 2.17. The van der Waals surface area contributed by atoms with E-state index in [1.807, 2.05) is 30.3 Å². The van der Waals surface area contributed by atoms with Crippen LogP contribution in [0.3, 0.4) is 0 Å². The van der Waals surface area contributed by atoms with Crippen molar-refractivity contribution >= 4 is 0 Å². The van der Waals surface area contributed by atoms with Crippen LogP contribution in [0.4, 0.5) is 0 Å². The van der Waals surface area contributed by atoms with E-state index in [2.05, 4.69) is 25.7 Å². The van der Waals surface area contributed by atoms with Gasteiger partial charge in [-0.3, -0.25) is 4.90 Å². The summed E-state index contributed by atoms with van der Waals surface area (Å²) in [5, 5.41) is 10.8. The summed E-state index contributed by atoms with van der Waals surface area (Å²) in [5.74, 6) is 0. The van der Waals surface area contributed by atoms with Gasteiger partial charge in [0.15, 0.2) is 0 Å². The lowest BCUT2D eigenvalue weighted by Gasteiger charge is -2.36. The molecule has 18 heavy (non-hydrogen) atoms. The highest BCUT2D eigenvalue weighted by Gasteiger charge is 2.30. The molecule has 0 aliphatic carbocycles. The molecule has 0 aromatic heterocycles. The summed E-state index contributed by atoms with van der Waals surface area (Å²) in [6, 6.07) is 10.1. The van der Waals surface area contributed by atoms with Crippen molar-refractivity contribution in [3.63, 3.8) is 0 Å². The highest BCUT2D eigenvalue weighted by atomic mass is 16.3. The van der Waals surface area contributed by atoms with Crippen LogP contribution in [-0.4, -0.2) is 35.7 Å². The second-order valence-corrected chi connectivity index (χ2v) is 5.17. The molecule has 0 aliphatic rings. The van der Waals surface area contributed by atoms with Crippen molar-refractivity contribution in [3.05, 3.63) is 35.9 Å². The van der Waals surface area contributed by atoms with Gasteiger partial charge in [-0.1, -0.05) is 37.3 Å². The predicted molar refractivity (Wildman–Crippen MR) is 76.4 cm³/mol. The third-order valence-corrected chi connectivity index (χ3v) is 3.35. The minimum Gasteiger partial charge on any atom is -0.382 e. The zero-order valence-electron chi connectivity index (χ0n) is 11.8. The Kier molecular flexibility index (Phi) is 5.79. The number of nitrogens with two attached hydrogens (primary N) is 1. The van der Waals surface area contributed by atoms with Crippen molar-refractivity contribution in [2.24, 2.45) is 5.73 Å². The fraction of sp³-hybridized carbons (Fsp3) is 0.600. The maximum Gasteiger partial charge on any atom is 0.114 e. The van der Waals surface area contributed by atoms with Gasteiger partial charge in [-0.05, 0) is 32.4 Å². The van der Waals surface area contributed by atoms with E-state index in [-0.39, 0.29) is 6.54 Å². The molecular formula is C15H26N2O. The average molecular weight is 250 g/mol. The third kappa shape index (κ3) is 3.80. The molecule has 1 aromatic carbocycles. The summed E-state index contributed by atoms with van der Waals surface area (Å²) < 4.78 is 0. The summed E-state index contributed by atoms with van der Waals surface area (Å²) >= 11 is 0. The first-order valence-electron chi connectivity index (χ1n) is 6.75. The second kappa shape index (κ2) is 6.88. The summed E-state index contributed by atoms with van der Waals surface area (Å²) in [6.07, 6.45) is 1.08. The average Bonchev–Trinajstić information content (AvgIpc) is 2.39. The van der Waals surface area contributed by atoms with Crippen LogP contribution in [0, 0.1) is 0 Å². The Labute approximate surface area is 111 Å². The van der Waals surface area contributed by atoms with Gasteiger partial charge in [0, 0.05) is 19.1 Å². The summed E-state index contributed by atoms with van der Waals surface area (Å²) in [6.45, 7) is 8.25. The molecule has 0 saturated heterocycles. The zero-order valence-corrected chi connectivity index (χ0v) is 11.8. The van der Waals surface area contributed by atoms with E-state index in [0.717, 1.165) is 18.5 Å². The molecule has 3 N–H and O–H groups in total. The molecule has 102 valence electrons. The maximum atomic E-state index is 10.8. The Hall–Kier alpha value is -0.900. The molecule has 0 radical (unpaired) electrons. The monoisotopic (exact) mass is 250 g/mol. The van der Waals surface area contributed by atoms with E-state index >= 15 is 0 Å². The first kappa shape index (κ1) is 15.2. The van der Waals surface area contributed by atoms with E-state index in [1.165, 1.54) is 0 Å². The van der Waals surface area contributed by atoms with Crippen LogP contribution in [0.2, 0.25) is 0 Å². The molecule has 0 amide bonds. The van der Waals surface area contributed by atoms with Crippen molar-refractivity contribution in [1.82, 2.24) is 4.90 Å². The lowest BCUT2D eigenvalue weighted by molar-refractivity contribution is -0.00206. The molecule has 1 unspecified atom stereocenters. The standard InChI is InChI=1S/C15H26N2O/c1-4-10-17(13(2)3)12-15(18,11-16)14-8-6-5-7-9-14/h5-9,13,18H,4,10-12,16H2,1-3H3. The second-order valence-electron chi connectivity index (χ2n) is 5.17. The number of hydrogen-bond acceptors (Lipinski definition) is 3. The first-order valence-corrected chi connectivity index (χ1v) is 6.75. The van der Waals surface area contributed by atoms with Crippen molar-refractivity contribution in [3.8, 4) is 0 Å². The van der Waals surface area contributed by atoms with Gasteiger partial charge >= 0.3 is 0 Å². The van der Waals surface area contributed by atoms with Gasteiger partial charge in [0.2, 0.25) is 0 Å². The molecule has 0 spiro atoms. The molecule has 1 atom stereocenters. The van der Waals surface area contributed by atoms with Gasteiger partial charge in [0.05, 0.1) is 0 Å². The quantitative estimate of drug-likeness (QED) is 0.777. The topological polar surface area (TPSA) is 49.5 Å². The Morgan fingerprint density at radius 1 is 1.28 bits per heavy atom. The van der Waals surface area contributed by atoms with E-state index in [1.54, 1.807) is 0 Å². The molecule has 3 heteroatoms. The summed E-state index contributed by atoms with van der Waals surface area (Å²) in [5.41, 5.74) is 5.75. The SMILES string of the molecule is CCCN(CC(O)(CN)c1ccccc1)C(C)C. The van der Waals surface area contributed by atoms with E-state index in [0.29, 0.717) is 12.6 Å². The Bertz CT molecular complexity index is 340. The van der Waals surface area contributed by atoms with Crippen molar-refractivity contribution < 1.29 is 5.11 Å². The van der Waals surface area contributed by atoms with E-state index in [4.69, 9.17) is 5.73 Å². The lowest BCUT2D eigenvalue weighted by atomic mass is 9.92. The largest absolute Gasteiger partial charge is 0.382 e. The van der Waals surface area contributed by atoms with Gasteiger partial charge < -0.3 is 10.8 Å². The molecule has 0 fully saturated rings. The van der Waals surface area contributed by atoms with Crippen LogP contribution in [0.15, 0.2) is 30.3 Å². The molecule has 1 rings (SSSR count). The first-order chi connectivity index (χ1) is 8.53. The molecule has 1 aromatic rings. The van der Waals surface area contributed by atoms with Gasteiger partial charge in [0.25, 0.3) is 0 Å². The van der Waals surface area contributed by atoms with Crippen LogP contribution >= 0.6 is 0 Å². The Morgan fingerprint density at radius 3 is 2.33 bits per heavy atom. The van der Waals surface area contributed by atoms with E-state index in [9.17, 15) is 5.11 Å². The van der Waals surface area contributed by atoms with Gasteiger partial charge in [-0.25, -0.2) is 0 Å². The van der Waals surface area contributed by atoms with Gasteiger partial charge in [0.1, 0.15) is 5.60 Å². The summed E-state index contributed by atoms with van der Waals surface area (Å²) in [4.78, 5) is 2.28.